The summed E-state index contributed by atoms with van der Waals surface area (Å²) in [4.78, 5) is 6.96. The number of fused-ring (bicyclic) bond motifs is 1. The molecule has 3 unspecified atom stereocenters. The van der Waals surface area contributed by atoms with E-state index < -0.39 is 6.10 Å². The monoisotopic (exact) mass is 268 g/mol. The Labute approximate surface area is 112 Å². The molecule has 0 radical (unpaired) electrons. The fourth-order valence-electron chi connectivity index (χ4n) is 2.93. The largest absolute Gasteiger partial charge is 0.387 e. The number of aromatic nitrogens is 1. The Morgan fingerprint density at radius 1 is 1.50 bits per heavy atom. The Balaban J connectivity index is 1.80. The maximum Gasteiger partial charge on any atom is 0.186 e. The van der Waals surface area contributed by atoms with Crippen molar-refractivity contribution in [2.45, 2.75) is 50.9 Å². The van der Waals surface area contributed by atoms with E-state index in [2.05, 4.69) is 9.88 Å². The van der Waals surface area contributed by atoms with E-state index in [0.717, 1.165) is 24.0 Å². The molecule has 1 aromatic rings. The standard InChI is InChI=1S/C13H20N2O2S/c1-9(16)10-8-18-13(14-10)15-6-7-17-12-5-3-2-4-11(12)15/h8-9,11-12,16H,2-7H2,1H3. The Kier molecular flexibility index (Phi) is 3.54. The third-order valence-electron chi connectivity index (χ3n) is 3.92. The molecule has 2 fully saturated rings. The number of hydrogen-bond donors (Lipinski definition) is 1. The lowest BCUT2D eigenvalue weighted by Gasteiger charge is -2.43. The highest BCUT2D eigenvalue weighted by Crippen LogP contribution is 2.34. The molecule has 1 aromatic heterocycles. The van der Waals surface area contributed by atoms with E-state index in [0.29, 0.717) is 12.1 Å². The molecule has 3 atom stereocenters. The number of aliphatic hydroxyl groups excluding tert-OH is 1. The Morgan fingerprint density at radius 3 is 3.11 bits per heavy atom. The van der Waals surface area contributed by atoms with Gasteiger partial charge in [0.2, 0.25) is 0 Å². The summed E-state index contributed by atoms with van der Waals surface area (Å²) in [6.45, 7) is 3.49. The number of anilines is 1. The van der Waals surface area contributed by atoms with Crippen molar-refractivity contribution in [2.75, 3.05) is 18.1 Å². The normalized spacial score (nSPS) is 30.0. The molecule has 2 heterocycles. The van der Waals surface area contributed by atoms with Gasteiger partial charge in [-0.2, -0.15) is 0 Å². The number of morpholine rings is 1. The Bertz CT molecular complexity index is 405. The smallest absolute Gasteiger partial charge is 0.186 e. The van der Waals surface area contributed by atoms with E-state index in [-0.39, 0.29) is 0 Å². The molecule has 1 aliphatic heterocycles. The van der Waals surface area contributed by atoms with Gasteiger partial charge in [0.1, 0.15) is 0 Å². The van der Waals surface area contributed by atoms with Crippen molar-refractivity contribution in [1.29, 1.82) is 0 Å². The van der Waals surface area contributed by atoms with E-state index in [1.54, 1.807) is 18.3 Å². The van der Waals surface area contributed by atoms with Gasteiger partial charge in [-0.1, -0.05) is 12.8 Å². The van der Waals surface area contributed by atoms with Gasteiger partial charge in [0.15, 0.2) is 5.13 Å². The lowest BCUT2D eigenvalue weighted by molar-refractivity contribution is -0.00871. The summed E-state index contributed by atoms with van der Waals surface area (Å²) < 4.78 is 5.87. The highest BCUT2D eigenvalue weighted by Gasteiger charge is 2.35. The van der Waals surface area contributed by atoms with Gasteiger partial charge >= 0.3 is 0 Å². The molecule has 0 amide bonds. The van der Waals surface area contributed by atoms with Crippen LogP contribution in [-0.4, -0.2) is 35.4 Å². The minimum Gasteiger partial charge on any atom is -0.387 e. The molecule has 2 aliphatic rings. The van der Waals surface area contributed by atoms with E-state index in [1.165, 1.54) is 25.7 Å². The van der Waals surface area contributed by atoms with Crippen LogP contribution in [0.5, 0.6) is 0 Å². The van der Waals surface area contributed by atoms with E-state index in [1.807, 2.05) is 5.38 Å². The third-order valence-corrected chi connectivity index (χ3v) is 4.81. The molecule has 5 heteroatoms. The van der Waals surface area contributed by atoms with Crippen LogP contribution in [-0.2, 0) is 4.74 Å². The maximum absolute atomic E-state index is 9.57. The van der Waals surface area contributed by atoms with Crippen molar-refractivity contribution >= 4 is 16.5 Å². The topological polar surface area (TPSA) is 45.6 Å². The van der Waals surface area contributed by atoms with Gasteiger partial charge in [0, 0.05) is 11.9 Å². The van der Waals surface area contributed by atoms with Crippen LogP contribution in [0, 0.1) is 0 Å². The van der Waals surface area contributed by atoms with Crippen LogP contribution in [0.25, 0.3) is 0 Å². The minimum atomic E-state index is -0.474. The quantitative estimate of drug-likeness (QED) is 0.894. The summed E-state index contributed by atoms with van der Waals surface area (Å²) in [5.41, 5.74) is 0.786. The van der Waals surface area contributed by atoms with Crippen molar-refractivity contribution in [3.63, 3.8) is 0 Å². The number of nitrogens with zero attached hydrogens (tertiary/aromatic N) is 2. The van der Waals surface area contributed by atoms with Crippen molar-refractivity contribution in [2.24, 2.45) is 0 Å². The summed E-state index contributed by atoms with van der Waals surface area (Å²) in [5, 5.41) is 12.6. The maximum atomic E-state index is 9.57. The molecule has 1 aliphatic carbocycles. The summed E-state index contributed by atoms with van der Waals surface area (Å²) in [6.07, 6.45) is 4.86. The first-order chi connectivity index (χ1) is 8.75. The average Bonchev–Trinajstić information content (AvgIpc) is 2.87. The second-order valence-electron chi connectivity index (χ2n) is 5.19. The summed E-state index contributed by atoms with van der Waals surface area (Å²) in [5.74, 6) is 0. The highest BCUT2D eigenvalue weighted by molar-refractivity contribution is 7.13. The lowest BCUT2D eigenvalue weighted by atomic mass is 9.90. The van der Waals surface area contributed by atoms with Crippen LogP contribution >= 0.6 is 11.3 Å². The molecular weight excluding hydrogens is 248 g/mol. The average molecular weight is 268 g/mol. The summed E-state index contributed by atoms with van der Waals surface area (Å²) >= 11 is 1.64. The third kappa shape index (κ3) is 2.27. The summed E-state index contributed by atoms with van der Waals surface area (Å²) in [7, 11) is 0. The van der Waals surface area contributed by atoms with Crippen LogP contribution in [0.3, 0.4) is 0 Å². The second kappa shape index (κ2) is 5.15. The summed E-state index contributed by atoms with van der Waals surface area (Å²) in [6, 6.07) is 0.487. The first-order valence-corrected chi connectivity index (χ1v) is 7.65. The number of rotatable bonds is 2. The van der Waals surface area contributed by atoms with Crippen molar-refractivity contribution in [3.05, 3.63) is 11.1 Å². The highest BCUT2D eigenvalue weighted by atomic mass is 32.1. The molecule has 3 rings (SSSR count). The second-order valence-corrected chi connectivity index (χ2v) is 6.02. The van der Waals surface area contributed by atoms with Crippen molar-refractivity contribution in [3.8, 4) is 0 Å². The van der Waals surface area contributed by atoms with Gasteiger partial charge in [-0.05, 0) is 19.8 Å². The number of hydrogen-bond acceptors (Lipinski definition) is 5. The number of thiazole rings is 1. The molecule has 18 heavy (non-hydrogen) atoms. The molecule has 0 bridgehead atoms. The molecule has 100 valence electrons. The van der Waals surface area contributed by atoms with Crippen LogP contribution in [0.4, 0.5) is 5.13 Å². The SMILES string of the molecule is CC(O)c1csc(N2CCOC3CCCCC32)n1. The zero-order chi connectivity index (χ0) is 12.5. The molecule has 1 saturated carbocycles. The van der Waals surface area contributed by atoms with Gasteiger partial charge in [-0.3, -0.25) is 0 Å². The lowest BCUT2D eigenvalue weighted by Crippen LogP contribution is -2.52. The zero-order valence-electron chi connectivity index (χ0n) is 10.7. The Hall–Kier alpha value is -0.650. The van der Waals surface area contributed by atoms with Crippen LogP contribution in [0.2, 0.25) is 0 Å². The molecule has 4 nitrogen and oxygen atoms in total. The zero-order valence-corrected chi connectivity index (χ0v) is 11.5. The molecule has 1 saturated heterocycles. The number of ether oxygens (including phenoxy) is 1. The molecule has 0 aromatic carbocycles. The van der Waals surface area contributed by atoms with Gasteiger partial charge in [0.05, 0.1) is 30.6 Å². The van der Waals surface area contributed by atoms with Gasteiger partial charge in [-0.15, -0.1) is 11.3 Å². The molecular formula is C13H20N2O2S. The van der Waals surface area contributed by atoms with E-state index >= 15 is 0 Å². The predicted molar refractivity (Wildman–Crippen MR) is 72.1 cm³/mol. The minimum absolute atomic E-state index is 0.381. The fraction of sp³-hybridized carbons (Fsp3) is 0.769. The molecule has 1 N–H and O–H groups in total. The van der Waals surface area contributed by atoms with Crippen LogP contribution in [0.15, 0.2) is 5.38 Å². The van der Waals surface area contributed by atoms with Gasteiger partial charge in [-0.25, -0.2) is 4.98 Å². The van der Waals surface area contributed by atoms with Crippen LogP contribution < -0.4 is 4.90 Å². The van der Waals surface area contributed by atoms with Crippen molar-refractivity contribution < 1.29 is 9.84 Å². The molecule has 0 spiro atoms. The predicted octanol–water partition coefficient (Wildman–Crippen LogP) is 2.34. The van der Waals surface area contributed by atoms with Gasteiger partial charge < -0.3 is 14.7 Å². The van der Waals surface area contributed by atoms with Crippen LogP contribution in [0.1, 0.15) is 44.4 Å². The van der Waals surface area contributed by atoms with E-state index in [4.69, 9.17) is 4.74 Å². The van der Waals surface area contributed by atoms with Gasteiger partial charge in [0.25, 0.3) is 0 Å². The van der Waals surface area contributed by atoms with Crippen molar-refractivity contribution in [1.82, 2.24) is 4.98 Å². The number of aliphatic hydroxyl groups is 1. The Morgan fingerprint density at radius 2 is 2.33 bits per heavy atom. The fourth-order valence-corrected chi connectivity index (χ4v) is 3.93. The first kappa shape index (κ1) is 12.4. The van der Waals surface area contributed by atoms with E-state index in [9.17, 15) is 5.11 Å². The first-order valence-electron chi connectivity index (χ1n) is 6.77.